The molecule has 1 fully saturated rings. The van der Waals surface area contributed by atoms with Crippen LogP contribution in [0.2, 0.25) is 0 Å². The van der Waals surface area contributed by atoms with Crippen LogP contribution in [0.1, 0.15) is 55.6 Å². The third kappa shape index (κ3) is 6.04. The van der Waals surface area contributed by atoms with E-state index in [0.29, 0.717) is 11.8 Å². The summed E-state index contributed by atoms with van der Waals surface area (Å²) in [5, 5.41) is 8.29. The van der Waals surface area contributed by atoms with Crippen LogP contribution in [-0.2, 0) is 6.18 Å². The first-order chi connectivity index (χ1) is 11.9. The summed E-state index contributed by atoms with van der Waals surface area (Å²) in [6, 6.07) is 6.96. The largest absolute Gasteiger partial charge is 0.416 e. The molecule has 1 aromatic carbocycles. The van der Waals surface area contributed by atoms with Crippen LogP contribution in [0.25, 0.3) is 0 Å². The number of alkyl halides is 3. The van der Waals surface area contributed by atoms with Crippen molar-refractivity contribution in [3.63, 3.8) is 0 Å². The zero-order chi connectivity index (χ0) is 18.3. The number of hydrogen-bond donors (Lipinski definition) is 0. The Morgan fingerprint density at radius 2 is 1.76 bits per heavy atom. The van der Waals surface area contributed by atoms with Crippen molar-refractivity contribution < 1.29 is 17.6 Å². The lowest BCUT2D eigenvalue weighted by Crippen LogP contribution is -2.13. The smallest absolute Gasteiger partial charge is 0.195 e. The summed E-state index contributed by atoms with van der Waals surface area (Å²) in [5.41, 5.74) is 0.391. The third-order valence-corrected chi connectivity index (χ3v) is 4.78. The number of halogens is 4. The minimum Gasteiger partial charge on any atom is -0.195 e. The Morgan fingerprint density at radius 1 is 1.12 bits per heavy atom. The molecule has 1 aliphatic rings. The van der Waals surface area contributed by atoms with Crippen molar-refractivity contribution in [3.8, 4) is 6.07 Å². The van der Waals surface area contributed by atoms with Gasteiger partial charge < -0.3 is 0 Å². The van der Waals surface area contributed by atoms with E-state index in [-0.39, 0.29) is 0 Å². The lowest BCUT2D eigenvalue weighted by molar-refractivity contribution is -0.137. The van der Waals surface area contributed by atoms with Gasteiger partial charge in [0.05, 0.1) is 5.56 Å². The number of nitrogens with zero attached hydrogens (tertiary/aromatic N) is 1. The van der Waals surface area contributed by atoms with Crippen molar-refractivity contribution in [2.24, 2.45) is 5.92 Å². The first-order valence-corrected chi connectivity index (χ1v) is 8.49. The predicted molar refractivity (Wildman–Crippen MR) is 89.3 cm³/mol. The highest BCUT2D eigenvalue weighted by Gasteiger charge is 2.30. The second-order valence-corrected chi connectivity index (χ2v) is 6.47. The Bertz CT molecular complexity index is 642. The molecule has 1 aliphatic carbocycles. The molecule has 0 spiro atoms. The second kappa shape index (κ2) is 8.84. The molecule has 0 N–H and O–H groups in total. The van der Waals surface area contributed by atoms with Crippen LogP contribution in [0.4, 0.5) is 17.6 Å². The van der Waals surface area contributed by atoms with Gasteiger partial charge in [-0.1, -0.05) is 24.3 Å². The maximum atomic E-state index is 12.6. The molecule has 25 heavy (non-hydrogen) atoms. The van der Waals surface area contributed by atoms with Gasteiger partial charge in [-0.05, 0) is 74.1 Å². The van der Waals surface area contributed by atoms with Crippen LogP contribution in [-0.4, -0.2) is 0 Å². The van der Waals surface area contributed by atoms with E-state index in [2.05, 4.69) is 0 Å². The van der Waals surface area contributed by atoms with Crippen LogP contribution < -0.4 is 0 Å². The molecule has 5 heteroatoms. The normalized spacial score (nSPS) is 22.1. The summed E-state index contributed by atoms with van der Waals surface area (Å²) in [4.78, 5) is 0. The van der Waals surface area contributed by atoms with Gasteiger partial charge in [0.15, 0.2) is 5.83 Å². The third-order valence-electron chi connectivity index (χ3n) is 4.78. The van der Waals surface area contributed by atoms with Gasteiger partial charge in [-0.3, -0.25) is 0 Å². The van der Waals surface area contributed by atoms with Crippen LogP contribution in [0.3, 0.4) is 0 Å². The molecule has 0 amide bonds. The van der Waals surface area contributed by atoms with Gasteiger partial charge in [-0.15, -0.1) is 0 Å². The molecule has 0 saturated heterocycles. The Balaban J connectivity index is 1.77. The van der Waals surface area contributed by atoms with Crippen molar-refractivity contribution in [2.75, 3.05) is 0 Å². The fraction of sp³-hybridized carbons (Fsp3) is 0.450. The summed E-state index contributed by atoms with van der Waals surface area (Å²) in [5.74, 6) is 0.134. The van der Waals surface area contributed by atoms with Crippen LogP contribution >= 0.6 is 0 Å². The van der Waals surface area contributed by atoms with E-state index in [1.807, 2.05) is 6.08 Å². The van der Waals surface area contributed by atoms with Crippen molar-refractivity contribution in [1.29, 1.82) is 5.26 Å². The molecule has 134 valence electrons. The molecule has 0 bridgehead atoms. The molecule has 1 saturated carbocycles. The quantitative estimate of drug-likeness (QED) is 0.329. The number of hydrogen-bond acceptors (Lipinski definition) is 1. The molecular weight excluding hydrogens is 330 g/mol. The average Bonchev–Trinajstić information content (AvgIpc) is 2.61. The Kier molecular flexibility index (Phi) is 6.81. The molecule has 2 rings (SSSR count). The summed E-state index contributed by atoms with van der Waals surface area (Å²) in [6.45, 7) is 0. The minimum atomic E-state index is -4.28. The molecule has 0 aliphatic heterocycles. The zero-order valence-corrected chi connectivity index (χ0v) is 13.9. The van der Waals surface area contributed by atoms with E-state index < -0.39 is 17.6 Å². The zero-order valence-electron chi connectivity index (χ0n) is 13.9. The van der Waals surface area contributed by atoms with Crippen LogP contribution in [0.15, 0.2) is 48.3 Å². The van der Waals surface area contributed by atoms with Crippen LogP contribution in [0, 0.1) is 17.2 Å². The van der Waals surface area contributed by atoms with E-state index in [0.717, 1.165) is 50.2 Å². The lowest BCUT2D eigenvalue weighted by Gasteiger charge is -2.28. The SMILES string of the molecule is N#CC(F)=CC=CCCC1CCC(c2ccc(C(F)(F)F)cc2)CC1. The molecule has 0 atom stereocenters. The fourth-order valence-corrected chi connectivity index (χ4v) is 3.35. The Hall–Kier alpha value is -2.09. The highest BCUT2D eigenvalue weighted by atomic mass is 19.4. The van der Waals surface area contributed by atoms with Crippen molar-refractivity contribution in [2.45, 2.75) is 50.6 Å². The van der Waals surface area contributed by atoms with Crippen molar-refractivity contribution in [1.82, 2.24) is 0 Å². The molecule has 0 aromatic heterocycles. The molecule has 0 unspecified atom stereocenters. The van der Waals surface area contributed by atoms with E-state index in [1.54, 1.807) is 18.2 Å². The summed E-state index contributed by atoms with van der Waals surface area (Å²) in [7, 11) is 0. The Labute approximate surface area is 145 Å². The highest BCUT2D eigenvalue weighted by molar-refractivity contribution is 5.27. The summed E-state index contributed by atoms with van der Waals surface area (Å²) < 4.78 is 50.4. The monoisotopic (exact) mass is 351 g/mol. The highest BCUT2D eigenvalue weighted by Crippen LogP contribution is 2.38. The maximum Gasteiger partial charge on any atom is 0.416 e. The second-order valence-electron chi connectivity index (χ2n) is 6.47. The standard InChI is InChI=1S/C20H21F4N/c21-19(14-25)5-3-1-2-4-15-6-8-16(9-7-15)17-10-12-18(13-11-17)20(22,23)24/h1,3,5,10-13,15-16H,2,4,6-9H2. The summed E-state index contributed by atoms with van der Waals surface area (Å²) in [6.07, 6.45) is 6.24. The topological polar surface area (TPSA) is 23.8 Å². The maximum absolute atomic E-state index is 12.6. The van der Waals surface area contributed by atoms with E-state index in [1.165, 1.54) is 18.2 Å². The van der Waals surface area contributed by atoms with Gasteiger partial charge in [0.1, 0.15) is 6.07 Å². The average molecular weight is 351 g/mol. The Morgan fingerprint density at radius 3 is 2.32 bits per heavy atom. The predicted octanol–water partition coefficient (Wildman–Crippen LogP) is 6.69. The van der Waals surface area contributed by atoms with Crippen molar-refractivity contribution >= 4 is 0 Å². The first-order valence-electron chi connectivity index (χ1n) is 8.49. The minimum absolute atomic E-state index is 0.335. The molecule has 0 heterocycles. The van der Waals surface area contributed by atoms with Gasteiger partial charge in [0.25, 0.3) is 0 Å². The fourth-order valence-electron chi connectivity index (χ4n) is 3.35. The van der Waals surface area contributed by atoms with Gasteiger partial charge in [-0.25, -0.2) is 0 Å². The number of rotatable bonds is 5. The van der Waals surface area contributed by atoms with Gasteiger partial charge in [0.2, 0.25) is 0 Å². The lowest BCUT2D eigenvalue weighted by atomic mass is 9.77. The molecular formula is C20H21F4N. The van der Waals surface area contributed by atoms with Gasteiger partial charge in [-0.2, -0.15) is 22.8 Å². The number of benzene rings is 1. The van der Waals surface area contributed by atoms with E-state index in [9.17, 15) is 17.6 Å². The van der Waals surface area contributed by atoms with Crippen molar-refractivity contribution in [3.05, 3.63) is 59.4 Å². The molecule has 1 aromatic rings. The van der Waals surface area contributed by atoms with E-state index >= 15 is 0 Å². The van der Waals surface area contributed by atoms with Gasteiger partial charge >= 0.3 is 6.18 Å². The number of allylic oxidation sites excluding steroid dienone is 4. The number of nitriles is 1. The van der Waals surface area contributed by atoms with Gasteiger partial charge in [0, 0.05) is 0 Å². The van der Waals surface area contributed by atoms with Crippen LogP contribution in [0.5, 0.6) is 0 Å². The van der Waals surface area contributed by atoms with E-state index in [4.69, 9.17) is 5.26 Å². The molecule has 0 radical (unpaired) electrons. The molecule has 1 nitrogen and oxygen atoms in total. The summed E-state index contributed by atoms with van der Waals surface area (Å²) >= 11 is 0. The first kappa shape index (κ1) is 19.2.